The summed E-state index contributed by atoms with van der Waals surface area (Å²) < 4.78 is 10.0. The topological polar surface area (TPSA) is 134 Å². The van der Waals surface area contributed by atoms with Crippen molar-refractivity contribution in [2.75, 3.05) is 20.3 Å². The molecule has 0 bridgehead atoms. The van der Waals surface area contributed by atoms with Gasteiger partial charge < -0.3 is 36.1 Å². The first-order valence-corrected chi connectivity index (χ1v) is 5.79. The molecule has 0 spiro atoms. The van der Waals surface area contributed by atoms with Crippen LogP contribution in [0.4, 0.5) is 0 Å². The van der Waals surface area contributed by atoms with Crippen molar-refractivity contribution in [3.63, 3.8) is 0 Å². The van der Waals surface area contributed by atoms with E-state index in [4.69, 9.17) is 19.7 Å². The molecular formula is C11H27NO6. The van der Waals surface area contributed by atoms with Gasteiger partial charge in [-0.2, -0.15) is 0 Å². The predicted octanol–water partition coefficient (Wildman–Crippen LogP) is -0.741. The van der Waals surface area contributed by atoms with Crippen LogP contribution in [0, 0.1) is 5.92 Å². The third-order valence-electron chi connectivity index (χ3n) is 2.70. The van der Waals surface area contributed by atoms with E-state index < -0.39 is 24.6 Å². The van der Waals surface area contributed by atoms with Crippen molar-refractivity contribution >= 4 is 0 Å². The Bertz CT molecular complexity index is 172. The standard InChI is InChI=1S/C8H16O5.C3H8O.H3N/c1-4-5(3-9)13-8(12-2)7(11)6(4)10;1-2-3-4;/h4-11H,3H2,1-2H3;4H,2-3H2,1H3;1H3/t4-,5?,6+,7?,8-;;/m0../s1. The maximum Gasteiger partial charge on any atom is 0.186 e. The molecule has 0 saturated carbocycles. The molecule has 7 N–H and O–H groups in total. The van der Waals surface area contributed by atoms with E-state index in [1.54, 1.807) is 6.92 Å². The number of aliphatic hydroxyl groups excluding tert-OH is 4. The smallest absolute Gasteiger partial charge is 0.186 e. The molecule has 1 aliphatic heterocycles. The molecular weight excluding hydrogens is 242 g/mol. The summed E-state index contributed by atoms with van der Waals surface area (Å²) in [4.78, 5) is 0. The lowest BCUT2D eigenvalue weighted by Crippen LogP contribution is -2.55. The summed E-state index contributed by atoms with van der Waals surface area (Å²) in [5.74, 6) is -0.300. The van der Waals surface area contributed by atoms with Crippen LogP contribution in [0.2, 0.25) is 0 Å². The number of hydrogen-bond acceptors (Lipinski definition) is 7. The summed E-state index contributed by atoms with van der Waals surface area (Å²) in [6.07, 6.45) is -2.44. The predicted molar refractivity (Wildman–Crippen MR) is 66.3 cm³/mol. The highest BCUT2D eigenvalue weighted by atomic mass is 16.7. The lowest BCUT2D eigenvalue weighted by molar-refractivity contribution is -0.280. The number of aliphatic hydroxyl groups is 4. The summed E-state index contributed by atoms with van der Waals surface area (Å²) in [5, 5.41) is 35.7. The number of methoxy groups -OCH3 is 1. The van der Waals surface area contributed by atoms with Crippen molar-refractivity contribution in [2.45, 2.75) is 44.9 Å². The molecule has 0 aromatic rings. The second-order valence-corrected chi connectivity index (χ2v) is 4.03. The number of rotatable bonds is 3. The molecule has 0 radical (unpaired) electrons. The zero-order chi connectivity index (χ0) is 13.4. The maximum atomic E-state index is 9.53. The average molecular weight is 269 g/mol. The van der Waals surface area contributed by atoms with Gasteiger partial charge in [0.1, 0.15) is 6.10 Å². The largest absolute Gasteiger partial charge is 0.396 e. The molecule has 18 heavy (non-hydrogen) atoms. The van der Waals surface area contributed by atoms with E-state index in [0.717, 1.165) is 6.42 Å². The molecule has 1 heterocycles. The minimum atomic E-state index is -1.05. The van der Waals surface area contributed by atoms with Crippen LogP contribution in [0.1, 0.15) is 20.3 Å². The van der Waals surface area contributed by atoms with E-state index in [1.807, 2.05) is 6.92 Å². The van der Waals surface area contributed by atoms with Gasteiger partial charge in [-0.05, 0) is 6.42 Å². The Balaban J connectivity index is 0. The van der Waals surface area contributed by atoms with E-state index in [0.29, 0.717) is 6.61 Å². The lowest BCUT2D eigenvalue weighted by Gasteiger charge is -2.40. The molecule has 0 aromatic heterocycles. The van der Waals surface area contributed by atoms with Gasteiger partial charge >= 0.3 is 0 Å². The van der Waals surface area contributed by atoms with Crippen molar-refractivity contribution in [2.24, 2.45) is 5.92 Å². The highest BCUT2D eigenvalue weighted by Crippen LogP contribution is 2.25. The van der Waals surface area contributed by atoms with Gasteiger partial charge in [0.05, 0.1) is 18.8 Å². The van der Waals surface area contributed by atoms with Gasteiger partial charge in [0, 0.05) is 19.6 Å². The molecule has 2 unspecified atom stereocenters. The summed E-state index contributed by atoms with van der Waals surface area (Å²) in [6, 6.07) is 0. The molecule has 0 aliphatic carbocycles. The maximum absolute atomic E-state index is 9.53. The van der Waals surface area contributed by atoms with E-state index in [2.05, 4.69) is 0 Å². The van der Waals surface area contributed by atoms with Gasteiger partial charge in [-0.15, -0.1) is 0 Å². The average Bonchev–Trinajstić information content (AvgIpc) is 2.37. The molecule has 7 nitrogen and oxygen atoms in total. The van der Waals surface area contributed by atoms with Crippen LogP contribution in [0.3, 0.4) is 0 Å². The molecule has 5 atom stereocenters. The second kappa shape index (κ2) is 10.6. The Labute approximate surface area is 108 Å². The zero-order valence-corrected chi connectivity index (χ0v) is 11.3. The third-order valence-corrected chi connectivity index (χ3v) is 2.70. The number of hydrogen-bond donors (Lipinski definition) is 5. The molecule has 1 saturated heterocycles. The van der Waals surface area contributed by atoms with Crippen molar-refractivity contribution in [1.82, 2.24) is 6.15 Å². The number of ether oxygens (including phenoxy) is 2. The zero-order valence-electron chi connectivity index (χ0n) is 11.3. The van der Waals surface area contributed by atoms with Crippen LogP contribution in [-0.2, 0) is 9.47 Å². The van der Waals surface area contributed by atoms with Crippen LogP contribution in [0.5, 0.6) is 0 Å². The normalized spacial score (nSPS) is 35.2. The van der Waals surface area contributed by atoms with E-state index >= 15 is 0 Å². The Morgan fingerprint density at radius 1 is 1.17 bits per heavy atom. The van der Waals surface area contributed by atoms with E-state index in [9.17, 15) is 10.2 Å². The fourth-order valence-electron chi connectivity index (χ4n) is 1.47. The Morgan fingerprint density at radius 2 is 1.67 bits per heavy atom. The van der Waals surface area contributed by atoms with Gasteiger partial charge in [0.15, 0.2) is 6.29 Å². The van der Waals surface area contributed by atoms with Crippen LogP contribution in [0.15, 0.2) is 0 Å². The fourth-order valence-corrected chi connectivity index (χ4v) is 1.47. The van der Waals surface area contributed by atoms with E-state index in [1.165, 1.54) is 7.11 Å². The first kappa shape index (κ1) is 20.0. The van der Waals surface area contributed by atoms with Gasteiger partial charge in [-0.3, -0.25) is 0 Å². The summed E-state index contributed by atoms with van der Waals surface area (Å²) in [6.45, 7) is 3.77. The van der Waals surface area contributed by atoms with Crippen molar-refractivity contribution in [3.8, 4) is 0 Å². The first-order chi connectivity index (χ1) is 8.03. The van der Waals surface area contributed by atoms with Gasteiger partial charge in [-0.25, -0.2) is 0 Å². The van der Waals surface area contributed by atoms with Crippen LogP contribution >= 0.6 is 0 Å². The Morgan fingerprint density at radius 3 is 2.00 bits per heavy atom. The molecule has 7 heteroatoms. The SMILES string of the molecule is CCCO.CO[C@H]1OC(CO)[C@H](C)[C@@H](O)C1O.N. The molecule has 1 aliphatic rings. The van der Waals surface area contributed by atoms with Crippen molar-refractivity contribution < 1.29 is 29.9 Å². The van der Waals surface area contributed by atoms with E-state index in [-0.39, 0.29) is 18.7 Å². The fraction of sp³-hybridized carbons (Fsp3) is 1.00. The lowest BCUT2D eigenvalue weighted by atomic mass is 9.91. The molecule has 0 amide bonds. The Kier molecular flexibility index (Phi) is 11.8. The molecule has 112 valence electrons. The highest BCUT2D eigenvalue weighted by Gasteiger charge is 2.41. The third kappa shape index (κ3) is 5.57. The minimum absolute atomic E-state index is 0. The van der Waals surface area contributed by atoms with Crippen LogP contribution in [-0.4, -0.2) is 65.4 Å². The van der Waals surface area contributed by atoms with Crippen molar-refractivity contribution in [3.05, 3.63) is 0 Å². The minimum Gasteiger partial charge on any atom is -0.396 e. The summed E-state index contributed by atoms with van der Waals surface area (Å²) in [7, 11) is 1.38. The van der Waals surface area contributed by atoms with Crippen molar-refractivity contribution in [1.29, 1.82) is 0 Å². The molecule has 1 fully saturated rings. The van der Waals surface area contributed by atoms with Crippen LogP contribution < -0.4 is 6.15 Å². The van der Waals surface area contributed by atoms with Gasteiger partial charge in [0.25, 0.3) is 0 Å². The summed E-state index contributed by atoms with van der Waals surface area (Å²) >= 11 is 0. The van der Waals surface area contributed by atoms with Gasteiger partial charge in [-0.1, -0.05) is 13.8 Å². The quantitative estimate of drug-likeness (QED) is 0.455. The van der Waals surface area contributed by atoms with Crippen LogP contribution in [0.25, 0.3) is 0 Å². The molecule has 0 aromatic carbocycles. The highest BCUT2D eigenvalue weighted by molar-refractivity contribution is 4.86. The second-order valence-electron chi connectivity index (χ2n) is 4.03. The summed E-state index contributed by atoms with van der Waals surface area (Å²) in [5.41, 5.74) is 0. The Hall–Kier alpha value is -0.280. The monoisotopic (exact) mass is 269 g/mol. The molecule has 1 rings (SSSR count). The van der Waals surface area contributed by atoms with Gasteiger partial charge in [0.2, 0.25) is 0 Å². The first-order valence-electron chi connectivity index (χ1n) is 5.79.